The van der Waals surface area contributed by atoms with E-state index in [1.165, 1.54) is 0 Å². The molecule has 0 radical (unpaired) electrons. The summed E-state index contributed by atoms with van der Waals surface area (Å²) in [6.45, 7) is 1.99. The van der Waals surface area contributed by atoms with Gasteiger partial charge >= 0.3 is 0 Å². The van der Waals surface area contributed by atoms with Gasteiger partial charge in [-0.2, -0.15) is 0 Å². The Kier molecular flexibility index (Phi) is 4.62. The minimum atomic E-state index is -0.926. The number of hydrogen-bond acceptors (Lipinski definition) is 1. The molecule has 0 bridgehead atoms. The molecule has 0 aromatic heterocycles. The number of benzene rings is 2. The number of halogens is 1. The Hall–Kier alpha value is -1.31. The van der Waals surface area contributed by atoms with Crippen molar-refractivity contribution in [1.82, 2.24) is 0 Å². The minimum absolute atomic E-state index is 0.0169. The Bertz CT molecular complexity index is 497. The highest BCUT2D eigenvalue weighted by Gasteiger charge is 2.35. The van der Waals surface area contributed by atoms with Crippen molar-refractivity contribution in [2.75, 3.05) is 5.88 Å². The van der Waals surface area contributed by atoms with Crippen LogP contribution in [0.5, 0.6) is 0 Å². The van der Waals surface area contributed by atoms with Crippen LogP contribution in [0.4, 0.5) is 0 Å². The summed E-state index contributed by atoms with van der Waals surface area (Å²) in [4.78, 5) is 0. The van der Waals surface area contributed by atoms with Crippen LogP contribution in [-0.4, -0.2) is 11.0 Å². The molecule has 2 rings (SSSR count). The molecule has 2 unspecified atom stereocenters. The molecule has 2 aromatic carbocycles. The first-order valence-corrected chi connectivity index (χ1v) is 7.08. The molecule has 1 N–H and O–H groups in total. The predicted octanol–water partition coefficient (Wildman–Crippen LogP) is 3.99. The molecule has 0 aliphatic heterocycles. The minimum Gasteiger partial charge on any atom is -0.384 e. The fourth-order valence-electron chi connectivity index (χ4n) is 2.32. The highest BCUT2D eigenvalue weighted by atomic mass is 35.5. The number of rotatable bonds is 5. The lowest BCUT2D eigenvalue weighted by Crippen LogP contribution is -2.37. The lowest BCUT2D eigenvalue weighted by molar-refractivity contribution is -0.00860. The third-order valence-electron chi connectivity index (χ3n) is 3.64. The van der Waals surface area contributed by atoms with E-state index in [1.54, 1.807) is 0 Å². The van der Waals surface area contributed by atoms with E-state index >= 15 is 0 Å². The molecule has 19 heavy (non-hydrogen) atoms. The van der Waals surface area contributed by atoms with E-state index < -0.39 is 5.60 Å². The van der Waals surface area contributed by atoms with Gasteiger partial charge in [-0.1, -0.05) is 67.6 Å². The molecule has 2 atom stereocenters. The van der Waals surface area contributed by atoms with Gasteiger partial charge in [-0.05, 0) is 11.1 Å². The van der Waals surface area contributed by atoms with E-state index in [9.17, 15) is 5.11 Å². The van der Waals surface area contributed by atoms with Crippen LogP contribution in [0.2, 0.25) is 0 Å². The highest BCUT2D eigenvalue weighted by Crippen LogP contribution is 2.34. The average molecular weight is 275 g/mol. The van der Waals surface area contributed by atoms with Crippen LogP contribution in [-0.2, 0) is 12.0 Å². The first-order valence-electron chi connectivity index (χ1n) is 6.54. The standard InChI is InChI=1S/C17H19ClO/c1-14(13-18)17(19,16-10-6-3-7-11-16)12-15-8-4-2-5-9-15/h2-11,14,19H,12-13H2,1H3. The number of alkyl halides is 1. The second-order valence-electron chi connectivity index (χ2n) is 5.01. The third-order valence-corrected chi connectivity index (χ3v) is 4.10. The lowest BCUT2D eigenvalue weighted by Gasteiger charge is -2.34. The van der Waals surface area contributed by atoms with E-state index in [0.29, 0.717) is 12.3 Å². The van der Waals surface area contributed by atoms with Crippen molar-refractivity contribution in [3.63, 3.8) is 0 Å². The van der Waals surface area contributed by atoms with Crippen LogP contribution in [0, 0.1) is 5.92 Å². The highest BCUT2D eigenvalue weighted by molar-refractivity contribution is 6.18. The molecule has 0 aliphatic rings. The van der Waals surface area contributed by atoms with Gasteiger partial charge < -0.3 is 5.11 Å². The number of hydrogen-bond donors (Lipinski definition) is 1. The van der Waals surface area contributed by atoms with E-state index in [4.69, 9.17) is 11.6 Å². The maximum atomic E-state index is 11.1. The van der Waals surface area contributed by atoms with Crippen molar-refractivity contribution in [2.24, 2.45) is 5.92 Å². The van der Waals surface area contributed by atoms with Crippen LogP contribution in [0.15, 0.2) is 60.7 Å². The molecule has 0 aliphatic carbocycles. The van der Waals surface area contributed by atoms with Crippen molar-refractivity contribution in [1.29, 1.82) is 0 Å². The van der Waals surface area contributed by atoms with Crippen LogP contribution in [0.3, 0.4) is 0 Å². The molecule has 0 spiro atoms. The zero-order valence-electron chi connectivity index (χ0n) is 11.1. The van der Waals surface area contributed by atoms with Gasteiger partial charge in [-0.3, -0.25) is 0 Å². The van der Waals surface area contributed by atoms with E-state index in [-0.39, 0.29) is 5.92 Å². The van der Waals surface area contributed by atoms with Crippen LogP contribution >= 0.6 is 11.6 Å². The molecule has 1 nitrogen and oxygen atoms in total. The quantitative estimate of drug-likeness (QED) is 0.818. The van der Waals surface area contributed by atoms with Gasteiger partial charge in [-0.15, -0.1) is 11.6 Å². The molecule has 0 heterocycles. The van der Waals surface area contributed by atoms with Gasteiger partial charge in [0.1, 0.15) is 0 Å². The van der Waals surface area contributed by atoms with Crippen molar-refractivity contribution in [3.05, 3.63) is 71.8 Å². The van der Waals surface area contributed by atoms with E-state index in [0.717, 1.165) is 11.1 Å². The molecule has 2 aromatic rings. The van der Waals surface area contributed by atoms with Crippen LogP contribution < -0.4 is 0 Å². The molecular formula is C17H19ClO. The SMILES string of the molecule is CC(CCl)C(O)(Cc1ccccc1)c1ccccc1. The first kappa shape index (κ1) is 14.1. The molecule has 2 heteroatoms. The monoisotopic (exact) mass is 274 g/mol. The van der Waals surface area contributed by atoms with Crippen molar-refractivity contribution >= 4 is 11.6 Å². The summed E-state index contributed by atoms with van der Waals surface area (Å²) in [7, 11) is 0. The normalized spacial score (nSPS) is 15.7. The van der Waals surface area contributed by atoms with Gasteiger partial charge in [0.15, 0.2) is 0 Å². The van der Waals surface area contributed by atoms with Crippen molar-refractivity contribution in [3.8, 4) is 0 Å². The largest absolute Gasteiger partial charge is 0.384 e. The molecule has 0 saturated carbocycles. The maximum absolute atomic E-state index is 11.1. The Morgan fingerprint density at radius 1 is 1.00 bits per heavy atom. The smallest absolute Gasteiger partial charge is 0.0973 e. The predicted molar refractivity (Wildman–Crippen MR) is 80.4 cm³/mol. The zero-order chi connectivity index (χ0) is 13.7. The number of aliphatic hydroxyl groups is 1. The topological polar surface area (TPSA) is 20.2 Å². The summed E-state index contributed by atoms with van der Waals surface area (Å²) in [5, 5.41) is 11.1. The average Bonchev–Trinajstić information content (AvgIpc) is 2.48. The Morgan fingerprint density at radius 2 is 1.53 bits per heavy atom. The summed E-state index contributed by atoms with van der Waals surface area (Å²) in [5.74, 6) is 0.412. The van der Waals surface area contributed by atoms with E-state index in [1.807, 2.05) is 67.6 Å². The van der Waals surface area contributed by atoms with Crippen molar-refractivity contribution in [2.45, 2.75) is 18.9 Å². The Morgan fingerprint density at radius 3 is 2.05 bits per heavy atom. The van der Waals surface area contributed by atoms with Gasteiger partial charge in [0.2, 0.25) is 0 Å². The summed E-state index contributed by atoms with van der Waals surface area (Å²) < 4.78 is 0. The van der Waals surface area contributed by atoms with Crippen LogP contribution in [0.1, 0.15) is 18.1 Å². The van der Waals surface area contributed by atoms with Crippen LogP contribution in [0.25, 0.3) is 0 Å². The molecule has 0 saturated heterocycles. The first-order chi connectivity index (χ1) is 9.16. The zero-order valence-corrected chi connectivity index (χ0v) is 11.8. The second kappa shape index (κ2) is 6.23. The Labute approximate surface area is 119 Å². The molecule has 0 fully saturated rings. The fourth-order valence-corrected chi connectivity index (χ4v) is 2.58. The van der Waals surface area contributed by atoms with E-state index in [2.05, 4.69) is 0 Å². The Balaban J connectivity index is 2.36. The molecule has 0 amide bonds. The summed E-state index contributed by atoms with van der Waals surface area (Å²) >= 11 is 5.99. The summed E-state index contributed by atoms with van der Waals surface area (Å²) in [5.41, 5.74) is 1.11. The second-order valence-corrected chi connectivity index (χ2v) is 5.32. The lowest BCUT2D eigenvalue weighted by atomic mass is 9.78. The summed E-state index contributed by atoms with van der Waals surface area (Å²) in [6, 6.07) is 19.8. The molecule has 100 valence electrons. The van der Waals surface area contributed by atoms with Gasteiger partial charge in [-0.25, -0.2) is 0 Å². The van der Waals surface area contributed by atoms with Gasteiger partial charge in [0.05, 0.1) is 5.60 Å². The molecular weight excluding hydrogens is 256 g/mol. The fraction of sp³-hybridized carbons (Fsp3) is 0.294. The third kappa shape index (κ3) is 3.17. The summed E-state index contributed by atoms with van der Waals surface area (Å²) in [6.07, 6.45) is 0.575. The van der Waals surface area contributed by atoms with Crippen molar-refractivity contribution < 1.29 is 5.11 Å². The maximum Gasteiger partial charge on any atom is 0.0973 e. The van der Waals surface area contributed by atoms with Gasteiger partial charge in [0.25, 0.3) is 0 Å². The van der Waals surface area contributed by atoms with Gasteiger partial charge in [0, 0.05) is 18.2 Å².